The van der Waals surface area contributed by atoms with Crippen LogP contribution in [0.5, 0.6) is 5.75 Å². The quantitative estimate of drug-likeness (QED) is 0.776. The van der Waals surface area contributed by atoms with Gasteiger partial charge in [-0.2, -0.15) is 0 Å². The molecule has 0 amide bonds. The number of rotatable bonds is 1. The Hall–Kier alpha value is -1.48. The minimum atomic E-state index is 0.193. The van der Waals surface area contributed by atoms with E-state index in [1.165, 1.54) is 5.69 Å². The van der Waals surface area contributed by atoms with Crippen LogP contribution in [0.25, 0.3) is 0 Å². The SMILES string of the molecule is CC1CN(c2cccc(Br)c2)c2ccccc2O1. The number of ether oxygens (including phenoxy) is 1. The van der Waals surface area contributed by atoms with Crippen LogP contribution in [-0.2, 0) is 0 Å². The summed E-state index contributed by atoms with van der Waals surface area (Å²) in [6, 6.07) is 16.5. The summed E-state index contributed by atoms with van der Waals surface area (Å²) in [6.07, 6.45) is 0.193. The Morgan fingerprint density at radius 1 is 1.17 bits per heavy atom. The van der Waals surface area contributed by atoms with Gasteiger partial charge in [-0.05, 0) is 37.3 Å². The lowest BCUT2D eigenvalue weighted by molar-refractivity contribution is 0.218. The van der Waals surface area contributed by atoms with E-state index in [0.29, 0.717) is 0 Å². The van der Waals surface area contributed by atoms with Crippen molar-refractivity contribution in [2.75, 3.05) is 11.4 Å². The zero-order valence-corrected chi connectivity index (χ0v) is 11.7. The molecule has 2 aromatic carbocycles. The smallest absolute Gasteiger partial charge is 0.143 e. The normalized spacial score (nSPS) is 18.1. The molecule has 0 aliphatic carbocycles. The largest absolute Gasteiger partial charge is 0.487 e. The third kappa shape index (κ3) is 2.10. The molecule has 1 atom stereocenters. The molecule has 0 saturated carbocycles. The van der Waals surface area contributed by atoms with Crippen LogP contribution in [0.15, 0.2) is 53.0 Å². The zero-order valence-electron chi connectivity index (χ0n) is 10.1. The van der Waals surface area contributed by atoms with Crippen molar-refractivity contribution in [3.05, 3.63) is 53.0 Å². The van der Waals surface area contributed by atoms with Crippen LogP contribution in [0.2, 0.25) is 0 Å². The molecule has 3 heteroatoms. The van der Waals surface area contributed by atoms with Gasteiger partial charge in [0.15, 0.2) is 0 Å². The fraction of sp³-hybridized carbons (Fsp3) is 0.200. The molecule has 0 saturated heterocycles. The number of hydrogen-bond acceptors (Lipinski definition) is 2. The first kappa shape index (κ1) is 11.6. The third-order valence-corrected chi connectivity index (χ3v) is 3.54. The molecule has 1 aliphatic heterocycles. The third-order valence-electron chi connectivity index (χ3n) is 3.04. The number of para-hydroxylation sites is 2. The van der Waals surface area contributed by atoms with E-state index >= 15 is 0 Å². The minimum absolute atomic E-state index is 0.193. The molecule has 0 N–H and O–H groups in total. The predicted octanol–water partition coefficient (Wildman–Crippen LogP) is 4.37. The number of nitrogens with zero attached hydrogens (tertiary/aromatic N) is 1. The summed E-state index contributed by atoms with van der Waals surface area (Å²) in [6.45, 7) is 2.97. The van der Waals surface area contributed by atoms with Crippen molar-refractivity contribution in [3.63, 3.8) is 0 Å². The van der Waals surface area contributed by atoms with Crippen molar-refractivity contribution in [1.82, 2.24) is 0 Å². The number of halogens is 1. The van der Waals surface area contributed by atoms with E-state index in [0.717, 1.165) is 22.5 Å². The molecule has 3 rings (SSSR count). The van der Waals surface area contributed by atoms with Crippen LogP contribution in [0.1, 0.15) is 6.92 Å². The molecular weight excluding hydrogens is 290 g/mol. The molecule has 1 unspecified atom stereocenters. The maximum Gasteiger partial charge on any atom is 0.143 e. The second-order valence-electron chi connectivity index (χ2n) is 4.49. The maximum atomic E-state index is 5.86. The average molecular weight is 304 g/mol. The van der Waals surface area contributed by atoms with E-state index in [1.807, 2.05) is 24.3 Å². The molecule has 18 heavy (non-hydrogen) atoms. The molecule has 0 bridgehead atoms. The lowest BCUT2D eigenvalue weighted by Gasteiger charge is -2.35. The Labute approximate surface area is 115 Å². The Bertz CT molecular complexity index is 570. The summed E-state index contributed by atoms with van der Waals surface area (Å²) < 4.78 is 6.95. The second-order valence-corrected chi connectivity index (χ2v) is 5.40. The number of hydrogen-bond donors (Lipinski definition) is 0. The van der Waals surface area contributed by atoms with Gasteiger partial charge in [0.25, 0.3) is 0 Å². The first-order chi connectivity index (χ1) is 8.74. The molecule has 0 aromatic heterocycles. The van der Waals surface area contributed by atoms with Gasteiger partial charge in [-0.15, -0.1) is 0 Å². The number of anilines is 2. The summed E-state index contributed by atoms with van der Waals surface area (Å²) in [4.78, 5) is 2.30. The van der Waals surface area contributed by atoms with Crippen molar-refractivity contribution in [2.45, 2.75) is 13.0 Å². The highest BCUT2D eigenvalue weighted by molar-refractivity contribution is 9.10. The highest BCUT2D eigenvalue weighted by atomic mass is 79.9. The van der Waals surface area contributed by atoms with Crippen LogP contribution >= 0.6 is 15.9 Å². The summed E-state index contributed by atoms with van der Waals surface area (Å²) in [5.41, 5.74) is 2.32. The van der Waals surface area contributed by atoms with E-state index in [2.05, 4.69) is 52.0 Å². The van der Waals surface area contributed by atoms with Gasteiger partial charge in [0.1, 0.15) is 11.9 Å². The Morgan fingerprint density at radius 3 is 2.83 bits per heavy atom. The molecule has 2 nitrogen and oxygen atoms in total. The molecule has 2 aromatic rings. The van der Waals surface area contributed by atoms with Crippen molar-refractivity contribution < 1.29 is 4.74 Å². The van der Waals surface area contributed by atoms with E-state index in [9.17, 15) is 0 Å². The predicted molar refractivity (Wildman–Crippen MR) is 77.7 cm³/mol. The van der Waals surface area contributed by atoms with Crippen LogP contribution in [0.3, 0.4) is 0 Å². The van der Waals surface area contributed by atoms with Crippen molar-refractivity contribution >= 4 is 27.3 Å². The van der Waals surface area contributed by atoms with Gasteiger partial charge in [-0.25, -0.2) is 0 Å². The molecule has 0 spiro atoms. The van der Waals surface area contributed by atoms with E-state index in [-0.39, 0.29) is 6.10 Å². The fourth-order valence-corrected chi connectivity index (χ4v) is 2.66. The summed E-state index contributed by atoms with van der Waals surface area (Å²) in [5.74, 6) is 0.955. The van der Waals surface area contributed by atoms with Gasteiger partial charge < -0.3 is 9.64 Å². The van der Waals surface area contributed by atoms with Crippen molar-refractivity contribution in [2.24, 2.45) is 0 Å². The van der Waals surface area contributed by atoms with Crippen LogP contribution in [-0.4, -0.2) is 12.6 Å². The van der Waals surface area contributed by atoms with Crippen LogP contribution in [0.4, 0.5) is 11.4 Å². The average Bonchev–Trinajstić information content (AvgIpc) is 2.37. The van der Waals surface area contributed by atoms with Crippen molar-refractivity contribution in [1.29, 1.82) is 0 Å². The molecule has 92 valence electrons. The second kappa shape index (κ2) is 4.65. The highest BCUT2D eigenvalue weighted by Gasteiger charge is 2.23. The monoisotopic (exact) mass is 303 g/mol. The standard InChI is InChI=1S/C15H14BrNO/c1-11-10-17(13-6-4-5-12(16)9-13)14-7-2-3-8-15(14)18-11/h2-9,11H,10H2,1H3. The molecular formula is C15H14BrNO. The lowest BCUT2D eigenvalue weighted by atomic mass is 10.1. The summed E-state index contributed by atoms with van der Waals surface area (Å²) in [5, 5.41) is 0. The van der Waals surface area contributed by atoms with Gasteiger partial charge in [0, 0.05) is 10.2 Å². The van der Waals surface area contributed by atoms with E-state index < -0.39 is 0 Å². The van der Waals surface area contributed by atoms with Gasteiger partial charge >= 0.3 is 0 Å². The van der Waals surface area contributed by atoms with E-state index in [1.54, 1.807) is 0 Å². The topological polar surface area (TPSA) is 12.5 Å². The van der Waals surface area contributed by atoms with Gasteiger partial charge in [0.05, 0.1) is 12.2 Å². The molecule has 0 radical (unpaired) electrons. The molecule has 0 fully saturated rings. The number of fused-ring (bicyclic) bond motifs is 1. The van der Waals surface area contributed by atoms with Crippen LogP contribution < -0.4 is 9.64 Å². The minimum Gasteiger partial charge on any atom is -0.487 e. The first-order valence-electron chi connectivity index (χ1n) is 6.03. The summed E-state index contributed by atoms with van der Waals surface area (Å²) in [7, 11) is 0. The zero-order chi connectivity index (χ0) is 12.5. The van der Waals surface area contributed by atoms with Crippen LogP contribution in [0, 0.1) is 0 Å². The summed E-state index contributed by atoms with van der Waals surface area (Å²) >= 11 is 3.53. The van der Waals surface area contributed by atoms with Crippen molar-refractivity contribution in [3.8, 4) is 5.75 Å². The Balaban J connectivity index is 2.07. The Morgan fingerprint density at radius 2 is 2.00 bits per heavy atom. The highest BCUT2D eigenvalue weighted by Crippen LogP contribution is 2.38. The van der Waals surface area contributed by atoms with E-state index in [4.69, 9.17) is 4.74 Å². The molecule has 1 heterocycles. The van der Waals surface area contributed by atoms with Gasteiger partial charge in [-0.3, -0.25) is 0 Å². The lowest BCUT2D eigenvalue weighted by Crippen LogP contribution is -2.35. The van der Waals surface area contributed by atoms with Gasteiger partial charge in [0.2, 0.25) is 0 Å². The molecule has 1 aliphatic rings. The maximum absolute atomic E-state index is 5.86. The Kier molecular flexibility index (Phi) is 3.00. The fourth-order valence-electron chi connectivity index (χ4n) is 2.28. The number of benzene rings is 2. The van der Waals surface area contributed by atoms with Gasteiger partial charge in [-0.1, -0.05) is 34.1 Å². The first-order valence-corrected chi connectivity index (χ1v) is 6.82.